The van der Waals surface area contributed by atoms with Gasteiger partial charge in [0.05, 0.1) is 12.1 Å². The van der Waals surface area contributed by atoms with Crippen molar-refractivity contribution in [3.63, 3.8) is 0 Å². The van der Waals surface area contributed by atoms with Gasteiger partial charge in [0.1, 0.15) is 11.6 Å². The van der Waals surface area contributed by atoms with Crippen LogP contribution in [-0.2, 0) is 0 Å². The van der Waals surface area contributed by atoms with Crippen LogP contribution >= 0.6 is 0 Å². The van der Waals surface area contributed by atoms with Gasteiger partial charge in [0, 0.05) is 5.56 Å². The number of rotatable bonds is 1. The smallest absolute Gasteiger partial charge is 0.131 e. The predicted octanol–water partition coefficient (Wildman–Crippen LogP) is 1.75. The molecule has 0 saturated carbocycles. The van der Waals surface area contributed by atoms with Gasteiger partial charge in [-0.05, 0) is 31.5 Å². The van der Waals surface area contributed by atoms with Crippen LogP contribution in [0.25, 0.3) is 0 Å². The molecule has 0 amide bonds. The Balaban J connectivity index is 2.35. The first-order valence-corrected chi connectivity index (χ1v) is 5.05. The number of aliphatic hydroxyl groups is 1. The third kappa shape index (κ3) is 2.01. The molecule has 2 N–H and O–H groups in total. The van der Waals surface area contributed by atoms with E-state index >= 15 is 0 Å². The maximum absolute atomic E-state index is 13.4. The fraction of sp³-hybridized carbons (Fsp3) is 0.455. The van der Waals surface area contributed by atoms with Gasteiger partial charge in [-0.15, -0.1) is 0 Å². The molecule has 2 unspecified atom stereocenters. The molecule has 2 atom stereocenters. The Kier molecular flexibility index (Phi) is 2.98. The standard InChI is InChI=1S/C11H13F2NO/c12-7-3-1-4-8(13)10(7)11-9(15)5-2-6-14-11/h1,3-4,9,11,14-15H,2,5-6H2. The molecule has 0 radical (unpaired) electrons. The highest BCUT2D eigenvalue weighted by atomic mass is 19.1. The maximum Gasteiger partial charge on any atom is 0.131 e. The molecule has 1 heterocycles. The Morgan fingerprint density at radius 3 is 2.53 bits per heavy atom. The van der Waals surface area contributed by atoms with Gasteiger partial charge in [-0.25, -0.2) is 8.78 Å². The summed E-state index contributed by atoms with van der Waals surface area (Å²) in [5, 5.41) is 12.6. The van der Waals surface area contributed by atoms with Crippen molar-refractivity contribution < 1.29 is 13.9 Å². The molecule has 82 valence electrons. The lowest BCUT2D eigenvalue weighted by Gasteiger charge is -2.29. The van der Waals surface area contributed by atoms with Crippen molar-refractivity contribution >= 4 is 0 Å². The van der Waals surface area contributed by atoms with Gasteiger partial charge in [0.25, 0.3) is 0 Å². The topological polar surface area (TPSA) is 32.3 Å². The third-order valence-corrected chi connectivity index (χ3v) is 2.74. The highest BCUT2D eigenvalue weighted by molar-refractivity contribution is 5.24. The van der Waals surface area contributed by atoms with E-state index in [1.807, 2.05) is 0 Å². The van der Waals surface area contributed by atoms with Crippen LogP contribution in [0.2, 0.25) is 0 Å². The Bertz CT molecular complexity index is 336. The normalized spacial score (nSPS) is 26.6. The fourth-order valence-corrected chi connectivity index (χ4v) is 1.97. The second kappa shape index (κ2) is 4.24. The Labute approximate surface area is 86.9 Å². The number of hydrogen-bond acceptors (Lipinski definition) is 2. The minimum atomic E-state index is -0.717. The van der Waals surface area contributed by atoms with Crippen LogP contribution in [0, 0.1) is 11.6 Å². The Morgan fingerprint density at radius 1 is 1.27 bits per heavy atom. The molecule has 1 fully saturated rings. The molecule has 0 aromatic heterocycles. The monoisotopic (exact) mass is 213 g/mol. The molecule has 4 heteroatoms. The summed E-state index contributed by atoms with van der Waals surface area (Å²) >= 11 is 0. The van der Waals surface area contributed by atoms with E-state index in [9.17, 15) is 13.9 Å². The van der Waals surface area contributed by atoms with Gasteiger partial charge in [-0.2, -0.15) is 0 Å². The van der Waals surface area contributed by atoms with E-state index in [-0.39, 0.29) is 5.56 Å². The summed E-state index contributed by atoms with van der Waals surface area (Å²) in [6.45, 7) is 0.676. The van der Waals surface area contributed by atoms with Gasteiger partial charge >= 0.3 is 0 Å². The number of hydrogen-bond donors (Lipinski definition) is 2. The number of benzene rings is 1. The van der Waals surface area contributed by atoms with Crippen LogP contribution < -0.4 is 5.32 Å². The predicted molar refractivity (Wildman–Crippen MR) is 52.3 cm³/mol. The molecule has 2 nitrogen and oxygen atoms in total. The van der Waals surface area contributed by atoms with E-state index in [0.717, 1.165) is 6.42 Å². The van der Waals surface area contributed by atoms with E-state index in [1.165, 1.54) is 18.2 Å². The lowest BCUT2D eigenvalue weighted by molar-refractivity contribution is 0.0930. The van der Waals surface area contributed by atoms with Gasteiger partial charge in [-0.1, -0.05) is 6.07 Å². The second-order valence-corrected chi connectivity index (χ2v) is 3.78. The largest absolute Gasteiger partial charge is 0.391 e. The molecule has 1 aliphatic heterocycles. The van der Waals surface area contributed by atoms with Gasteiger partial charge in [0.15, 0.2) is 0 Å². The van der Waals surface area contributed by atoms with E-state index in [2.05, 4.69) is 5.32 Å². The van der Waals surface area contributed by atoms with Crippen molar-refractivity contribution in [3.05, 3.63) is 35.4 Å². The highest BCUT2D eigenvalue weighted by Crippen LogP contribution is 2.27. The maximum atomic E-state index is 13.4. The summed E-state index contributed by atoms with van der Waals surface area (Å²) < 4.78 is 26.8. The van der Waals surface area contributed by atoms with Crippen molar-refractivity contribution in [2.24, 2.45) is 0 Å². The summed E-state index contributed by atoms with van der Waals surface area (Å²) in [6, 6.07) is 3.12. The quantitative estimate of drug-likeness (QED) is 0.745. The van der Waals surface area contributed by atoms with Gasteiger partial charge < -0.3 is 10.4 Å². The van der Waals surface area contributed by atoms with E-state index in [0.29, 0.717) is 13.0 Å². The molecule has 1 aromatic rings. The molecule has 15 heavy (non-hydrogen) atoms. The number of piperidine rings is 1. The Hall–Kier alpha value is -1.00. The molecular formula is C11H13F2NO. The van der Waals surface area contributed by atoms with Crippen LogP contribution in [0.15, 0.2) is 18.2 Å². The van der Waals surface area contributed by atoms with Crippen molar-refractivity contribution in [2.45, 2.75) is 25.0 Å². The van der Waals surface area contributed by atoms with Gasteiger partial charge in [0.2, 0.25) is 0 Å². The Morgan fingerprint density at radius 2 is 1.93 bits per heavy atom. The number of halogens is 2. The number of aliphatic hydroxyl groups excluding tert-OH is 1. The summed E-state index contributed by atoms with van der Waals surface area (Å²) in [4.78, 5) is 0. The summed E-state index contributed by atoms with van der Waals surface area (Å²) in [5.74, 6) is -1.21. The zero-order valence-corrected chi connectivity index (χ0v) is 8.21. The second-order valence-electron chi connectivity index (χ2n) is 3.78. The average Bonchev–Trinajstić information content (AvgIpc) is 2.20. The van der Waals surface area contributed by atoms with Gasteiger partial charge in [-0.3, -0.25) is 0 Å². The number of nitrogens with one attached hydrogen (secondary N) is 1. The molecule has 1 aromatic carbocycles. The van der Waals surface area contributed by atoms with Crippen LogP contribution in [0.3, 0.4) is 0 Å². The third-order valence-electron chi connectivity index (χ3n) is 2.74. The summed E-state index contributed by atoms with van der Waals surface area (Å²) in [7, 11) is 0. The van der Waals surface area contributed by atoms with Crippen molar-refractivity contribution in [3.8, 4) is 0 Å². The van der Waals surface area contributed by atoms with Crippen molar-refractivity contribution in [2.75, 3.05) is 6.54 Å². The lowest BCUT2D eigenvalue weighted by atomic mass is 9.94. The van der Waals surface area contributed by atoms with Crippen molar-refractivity contribution in [1.82, 2.24) is 5.32 Å². The molecular weight excluding hydrogens is 200 g/mol. The fourth-order valence-electron chi connectivity index (χ4n) is 1.97. The van der Waals surface area contributed by atoms with E-state index < -0.39 is 23.8 Å². The van der Waals surface area contributed by atoms with Crippen LogP contribution in [0.1, 0.15) is 24.4 Å². The summed E-state index contributed by atoms with van der Waals surface area (Å²) in [5.41, 5.74) is -0.0512. The first-order valence-electron chi connectivity index (χ1n) is 5.05. The molecule has 0 spiro atoms. The minimum absolute atomic E-state index is 0.0512. The first kappa shape index (κ1) is 10.5. The molecule has 0 bridgehead atoms. The lowest BCUT2D eigenvalue weighted by Crippen LogP contribution is -2.38. The van der Waals surface area contributed by atoms with E-state index in [4.69, 9.17) is 0 Å². The van der Waals surface area contributed by atoms with Crippen LogP contribution in [0.5, 0.6) is 0 Å². The zero-order chi connectivity index (χ0) is 10.8. The molecule has 1 saturated heterocycles. The average molecular weight is 213 g/mol. The van der Waals surface area contributed by atoms with Crippen molar-refractivity contribution in [1.29, 1.82) is 0 Å². The van der Waals surface area contributed by atoms with Crippen LogP contribution in [-0.4, -0.2) is 17.8 Å². The minimum Gasteiger partial charge on any atom is -0.391 e. The van der Waals surface area contributed by atoms with E-state index in [1.54, 1.807) is 0 Å². The molecule has 0 aliphatic carbocycles. The SMILES string of the molecule is OC1CCCNC1c1c(F)cccc1F. The molecule has 1 aliphatic rings. The summed E-state index contributed by atoms with van der Waals surface area (Å²) in [6.07, 6.45) is 0.685. The molecule has 2 rings (SSSR count). The first-order chi connectivity index (χ1) is 7.20. The zero-order valence-electron chi connectivity index (χ0n) is 8.21. The highest BCUT2D eigenvalue weighted by Gasteiger charge is 2.28. The van der Waals surface area contributed by atoms with Crippen LogP contribution in [0.4, 0.5) is 8.78 Å².